The van der Waals surface area contributed by atoms with Crippen LogP contribution in [0.1, 0.15) is 5.56 Å². The first-order chi connectivity index (χ1) is 8.45. The van der Waals surface area contributed by atoms with Crippen LogP contribution in [-0.4, -0.2) is 4.98 Å². The Labute approximate surface area is 106 Å². The number of alkyl halides is 3. The minimum absolute atomic E-state index is 0.0552. The molecule has 2 rings (SSSR count). The summed E-state index contributed by atoms with van der Waals surface area (Å²) in [7, 11) is 0. The smallest absolute Gasteiger partial charge is 0.416 e. The van der Waals surface area contributed by atoms with Gasteiger partial charge in [-0.05, 0) is 24.3 Å². The van der Waals surface area contributed by atoms with Crippen molar-refractivity contribution >= 4 is 11.6 Å². The zero-order chi connectivity index (χ0) is 13.2. The van der Waals surface area contributed by atoms with E-state index < -0.39 is 11.7 Å². The normalized spacial score (nSPS) is 11.3. The summed E-state index contributed by atoms with van der Waals surface area (Å²) in [5.41, 5.74) is -0.776. The van der Waals surface area contributed by atoms with Crippen LogP contribution in [0.3, 0.4) is 0 Å². The van der Waals surface area contributed by atoms with E-state index in [0.717, 1.165) is 12.1 Å². The highest BCUT2D eigenvalue weighted by atomic mass is 35.5. The van der Waals surface area contributed by atoms with Crippen LogP contribution in [0.5, 0.6) is 11.6 Å². The van der Waals surface area contributed by atoms with Crippen LogP contribution in [0, 0.1) is 0 Å². The van der Waals surface area contributed by atoms with E-state index in [9.17, 15) is 13.2 Å². The molecule has 0 fully saturated rings. The third-order valence-electron chi connectivity index (χ3n) is 2.07. The van der Waals surface area contributed by atoms with Gasteiger partial charge in [0, 0.05) is 6.07 Å². The molecule has 18 heavy (non-hydrogen) atoms. The average Bonchev–Trinajstić information content (AvgIpc) is 2.28. The summed E-state index contributed by atoms with van der Waals surface area (Å²) in [4.78, 5) is 3.82. The van der Waals surface area contributed by atoms with Crippen molar-refractivity contribution in [3.63, 3.8) is 0 Å². The Morgan fingerprint density at radius 2 is 1.78 bits per heavy atom. The summed E-state index contributed by atoms with van der Waals surface area (Å²) >= 11 is 5.64. The van der Waals surface area contributed by atoms with E-state index in [0.29, 0.717) is 0 Å². The maximum absolute atomic E-state index is 12.5. The fourth-order valence-corrected chi connectivity index (χ4v) is 1.46. The van der Waals surface area contributed by atoms with Gasteiger partial charge in [0.15, 0.2) is 0 Å². The van der Waals surface area contributed by atoms with E-state index in [2.05, 4.69) is 4.98 Å². The van der Waals surface area contributed by atoms with Crippen LogP contribution in [0.4, 0.5) is 13.2 Å². The van der Waals surface area contributed by atoms with Gasteiger partial charge in [-0.3, -0.25) is 0 Å². The van der Waals surface area contributed by atoms with Crippen molar-refractivity contribution in [1.29, 1.82) is 0 Å². The van der Waals surface area contributed by atoms with Crippen molar-refractivity contribution in [3.05, 3.63) is 53.2 Å². The Bertz CT molecular complexity index is 557. The number of hydrogen-bond donors (Lipinski definition) is 0. The summed E-state index contributed by atoms with van der Waals surface area (Å²) < 4.78 is 42.6. The first-order valence-corrected chi connectivity index (χ1v) is 5.30. The molecular weight excluding hydrogens is 267 g/mol. The molecule has 1 heterocycles. The SMILES string of the molecule is FC(F)(F)c1cccc(Oc2cccc(Cl)n2)c1. The molecule has 0 aliphatic carbocycles. The molecule has 1 aromatic carbocycles. The molecule has 0 unspecified atom stereocenters. The molecule has 0 radical (unpaired) electrons. The molecule has 2 aromatic rings. The Kier molecular flexibility index (Phi) is 3.43. The lowest BCUT2D eigenvalue weighted by Crippen LogP contribution is -2.04. The lowest BCUT2D eigenvalue weighted by Gasteiger charge is -2.09. The molecule has 0 spiro atoms. The van der Waals surface area contributed by atoms with E-state index >= 15 is 0 Å². The number of hydrogen-bond acceptors (Lipinski definition) is 2. The van der Waals surface area contributed by atoms with Crippen LogP contribution in [0.25, 0.3) is 0 Å². The van der Waals surface area contributed by atoms with E-state index in [1.807, 2.05) is 0 Å². The molecule has 0 N–H and O–H groups in total. The number of aromatic nitrogens is 1. The summed E-state index contributed by atoms with van der Waals surface area (Å²) in [5, 5.41) is 0.208. The predicted octanol–water partition coefficient (Wildman–Crippen LogP) is 4.55. The largest absolute Gasteiger partial charge is 0.439 e. The van der Waals surface area contributed by atoms with Gasteiger partial charge in [-0.15, -0.1) is 0 Å². The van der Waals surface area contributed by atoms with Crippen LogP contribution in [0.15, 0.2) is 42.5 Å². The molecule has 6 heteroatoms. The van der Waals surface area contributed by atoms with E-state index in [4.69, 9.17) is 16.3 Å². The van der Waals surface area contributed by atoms with Gasteiger partial charge in [-0.25, -0.2) is 4.98 Å². The maximum Gasteiger partial charge on any atom is 0.416 e. The second-order valence-electron chi connectivity index (χ2n) is 3.43. The molecule has 0 bridgehead atoms. The fraction of sp³-hybridized carbons (Fsp3) is 0.0833. The zero-order valence-corrected chi connectivity index (χ0v) is 9.66. The Morgan fingerprint density at radius 1 is 1.06 bits per heavy atom. The van der Waals surface area contributed by atoms with Crippen molar-refractivity contribution < 1.29 is 17.9 Å². The van der Waals surface area contributed by atoms with Crippen LogP contribution in [0.2, 0.25) is 5.15 Å². The van der Waals surface area contributed by atoms with E-state index in [1.165, 1.54) is 18.2 Å². The molecule has 0 saturated carbocycles. The lowest BCUT2D eigenvalue weighted by molar-refractivity contribution is -0.137. The zero-order valence-electron chi connectivity index (χ0n) is 8.91. The maximum atomic E-state index is 12.5. The highest BCUT2D eigenvalue weighted by Gasteiger charge is 2.30. The second-order valence-corrected chi connectivity index (χ2v) is 3.81. The molecule has 0 amide bonds. The third kappa shape index (κ3) is 3.13. The number of pyridine rings is 1. The van der Waals surface area contributed by atoms with Gasteiger partial charge in [0.25, 0.3) is 0 Å². The quantitative estimate of drug-likeness (QED) is 0.749. The van der Waals surface area contributed by atoms with Gasteiger partial charge in [-0.2, -0.15) is 13.2 Å². The number of benzene rings is 1. The highest BCUT2D eigenvalue weighted by molar-refractivity contribution is 6.29. The van der Waals surface area contributed by atoms with Crippen molar-refractivity contribution in [1.82, 2.24) is 4.98 Å². The Balaban J connectivity index is 2.25. The number of rotatable bonds is 2. The van der Waals surface area contributed by atoms with Crippen molar-refractivity contribution in [3.8, 4) is 11.6 Å². The number of nitrogens with zero attached hydrogens (tertiary/aromatic N) is 1. The lowest BCUT2D eigenvalue weighted by atomic mass is 10.2. The highest BCUT2D eigenvalue weighted by Crippen LogP contribution is 2.32. The molecule has 2 nitrogen and oxygen atoms in total. The molecule has 0 atom stereocenters. The summed E-state index contributed by atoms with van der Waals surface area (Å²) in [6.45, 7) is 0. The topological polar surface area (TPSA) is 22.1 Å². The van der Waals surface area contributed by atoms with Crippen molar-refractivity contribution in [2.45, 2.75) is 6.18 Å². The molecule has 0 saturated heterocycles. The first-order valence-electron chi connectivity index (χ1n) is 4.93. The molecule has 94 valence electrons. The average molecular weight is 274 g/mol. The van der Waals surface area contributed by atoms with Gasteiger partial charge >= 0.3 is 6.18 Å². The minimum Gasteiger partial charge on any atom is -0.439 e. The summed E-state index contributed by atoms with van der Waals surface area (Å²) in [6.07, 6.45) is -4.40. The standard InChI is InChI=1S/C12H7ClF3NO/c13-10-5-2-6-11(17-10)18-9-4-1-3-8(7-9)12(14,15)16/h1-7H. The molecule has 0 aliphatic rings. The van der Waals surface area contributed by atoms with Crippen LogP contribution >= 0.6 is 11.6 Å². The summed E-state index contributed by atoms with van der Waals surface area (Å²) in [5.74, 6) is 0.196. The van der Waals surface area contributed by atoms with Gasteiger partial charge < -0.3 is 4.74 Å². The molecular formula is C12H7ClF3NO. The van der Waals surface area contributed by atoms with Gasteiger partial charge in [0.05, 0.1) is 5.56 Å². The fourth-order valence-electron chi connectivity index (χ4n) is 1.30. The van der Waals surface area contributed by atoms with Crippen LogP contribution in [-0.2, 0) is 6.18 Å². The Morgan fingerprint density at radius 3 is 2.44 bits per heavy atom. The number of halogens is 4. The first kappa shape index (κ1) is 12.7. The predicted molar refractivity (Wildman–Crippen MR) is 60.8 cm³/mol. The van der Waals surface area contributed by atoms with Gasteiger partial charge in [0.2, 0.25) is 5.88 Å². The third-order valence-corrected chi connectivity index (χ3v) is 2.28. The van der Waals surface area contributed by atoms with Crippen LogP contribution < -0.4 is 4.74 Å². The summed E-state index contributed by atoms with van der Waals surface area (Å²) in [6, 6.07) is 9.20. The Hall–Kier alpha value is -1.75. The second kappa shape index (κ2) is 4.86. The van der Waals surface area contributed by atoms with Crippen molar-refractivity contribution in [2.24, 2.45) is 0 Å². The van der Waals surface area contributed by atoms with Gasteiger partial charge in [0.1, 0.15) is 10.9 Å². The molecule has 0 aliphatic heterocycles. The minimum atomic E-state index is -4.40. The van der Waals surface area contributed by atoms with Crippen molar-refractivity contribution in [2.75, 3.05) is 0 Å². The number of ether oxygens (including phenoxy) is 1. The monoisotopic (exact) mass is 273 g/mol. The van der Waals surface area contributed by atoms with E-state index in [-0.39, 0.29) is 16.8 Å². The van der Waals surface area contributed by atoms with Gasteiger partial charge in [-0.1, -0.05) is 23.7 Å². The molecule has 1 aromatic heterocycles. The van der Waals surface area contributed by atoms with E-state index in [1.54, 1.807) is 12.1 Å².